The maximum Gasteiger partial charge on any atom is 0.331 e. The van der Waals surface area contributed by atoms with Crippen molar-refractivity contribution in [2.45, 2.75) is 13.8 Å². The molecule has 0 spiro atoms. The summed E-state index contributed by atoms with van der Waals surface area (Å²) in [7, 11) is 0. The zero-order valence-electron chi connectivity index (χ0n) is 9.09. The Labute approximate surface area is 92.5 Å². The fourth-order valence-electron chi connectivity index (χ4n) is 1.25. The molecule has 0 atom stereocenters. The van der Waals surface area contributed by atoms with Gasteiger partial charge < -0.3 is 4.74 Å². The Morgan fingerprint density at radius 3 is 2.69 bits per heavy atom. The molecule has 2 nitrogen and oxygen atoms in total. The second-order valence-electron chi connectivity index (χ2n) is 3.20. The summed E-state index contributed by atoms with van der Waals surface area (Å²) in [5.41, 5.74) is 0.588. The van der Waals surface area contributed by atoms with Crippen molar-refractivity contribution in [3.63, 3.8) is 0 Å². The van der Waals surface area contributed by atoms with E-state index in [2.05, 4.69) is 4.74 Å². The van der Waals surface area contributed by atoms with Gasteiger partial charge in [0.2, 0.25) is 0 Å². The maximum atomic E-state index is 13.3. The number of benzene rings is 1. The summed E-state index contributed by atoms with van der Waals surface area (Å²) in [6.07, 6.45) is 1.18. The lowest BCUT2D eigenvalue weighted by atomic mass is 10.1. The Hall–Kier alpha value is -1.71. The Balaban J connectivity index is 2.96. The van der Waals surface area contributed by atoms with Crippen molar-refractivity contribution in [1.82, 2.24) is 0 Å². The first-order valence-corrected chi connectivity index (χ1v) is 4.85. The van der Waals surface area contributed by atoms with E-state index >= 15 is 0 Å². The second-order valence-corrected chi connectivity index (χ2v) is 3.20. The minimum absolute atomic E-state index is 0.189. The quantitative estimate of drug-likeness (QED) is 0.585. The van der Waals surface area contributed by atoms with Crippen LogP contribution in [0.4, 0.5) is 8.78 Å². The number of carbonyl (C=O) groups excluding carboxylic acids is 1. The van der Waals surface area contributed by atoms with Crippen LogP contribution in [0.3, 0.4) is 0 Å². The van der Waals surface area contributed by atoms with Gasteiger partial charge in [-0.15, -0.1) is 0 Å². The molecule has 0 saturated heterocycles. The van der Waals surface area contributed by atoms with Crippen LogP contribution in [0, 0.1) is 11.6 Å². The van der Waals surface area contributed by atoms with Gasteiger partial charge >= 0.3 is 5.97 Å². The van der Waals surface area contributed by atoms with Gasteiger partial charge in [-0.3, -0.25) is 0 Å². The van der Waals surface area contributed by atoms with Crippen molar-refractivity contribution in [2.24, 2.45) is 0 Å². The number of hydrogen-bond donors (Lipinski definition) is 0. The van der Waals surface area contributed by atoms with E-state index < -0.39 is 17.6 Å². The third-order valence-corrected chi connectivity index (χ3v) is 1.98. The maximum absolute atomic E-state index is 13.3. The van der Waals surface area contributed by atoms with Crippen LogP contribution in [0.1, 0.15) is 19.4 Å². The van der Waals surface area contributed by atoms with Crippen molar-refractivity contribution in [2.75, 3.05) is 6.61 Å². The minimum atomic E-state index is -0.696. The largest absolute Gasteiger partial charge is 0.463 e. The zero-order valence-corrected chi connectivity index (χ0v) is 9.09. The highest BCUT2D eigenvalue weighted by atomic mass is 19.1. The molecule has 0 saturated carbocycles. The highest BCUT2D eigenvalue weighted by molar-refractivity contribution is 5.90. The SMILES string of the molecule is CCOC(=O)C=C(C)c1ccc(F)cc1F. The Kier molecular flexibility index (Phi) is 4.17. The minimum Gasteiger partial charge on any atom is -0.463 e. The first-order valence-electron chi connectivity index (χ1n) is 4.85. The number of allylic oxidation sites excluding steroid dienone is 1. The lowest BCUT2D eigenvalue weighted by molar-refractivity contribution is -0.137. The van der Waals surface area contributed by atoms with Gasteiger partial charge in [0.05, 0.1) is 6.61 Å². The van der Waals surface area contributed by atoms with E-state index in [1.54, 1.807) is 13.8 Å². The van der Waals surface area contributed by atoms with Gasteiger partial charge in [-0.25, -0.2) is 13.6 Å². The van der Waals surface area contributed by atoms with E-state index in [1.807, 2.05) is 0 Å². The summed E-state index contributed by atoms with van der Waals surface area (Å²) in [5, 5.41) is 0. The van der Waals surface area contributed by atoms with E-state index in [9.17, 15) is 13.6 Å². The molecule has 0 aromatic heterocycles. The molecule has 1 aromatic carbocycles. The molecule has 16 heavy (non-hydrogen) atoms. The number of esters is 1. The molecule has 0 heterocycles. The van der Waals surface area contributed by atoms with Crippen LogP contribution in [-0.4, -0.2) is 12.6 Å². The monoisotopic (exact) mass is 226 g/mol. The van der Waals surface area contributed by atoms with E-state index in [0.717, 1.165) is 12.1 Å². The Morgan fingerprint density at radius 1 is 1.44 bits per heavy atom. The lowest BCUT2D eigenvalue weighted by Gasteiger charge is -2.03. The molecule has 0 aliphatic rings. The molecule has 0 aliphatic carbocycles. The van der Waals surface area contributed by atoms with Crippen LogP contribution in [0.25, 0.3) is 5.57 Å². The van der Waals surface area contributed by atoms with Crippen molar-refractivity contribution >= 4 is 11.5 Å². The Morgan fingerprint density at radius 2 is 2.12 bits per heavy atom. The van der Waals surface area contributed by atoms with E-state index in [4.69, 9.17) is 0 Å². The first-order chi connectivity index (χ1) is 7.54. The van der Waals surface area contributed by atoms with Gasteiger partial charge in [-0.05, 0) is 31.6 Å². The van der Waals surface area contributed by atoms with Crippen molar-refractivity contribution in [3.05, 3.63) is 41.5 Å². The van der Waals surface area contributed by atoms with E-state index in [0.29, 0.717) is 5.57 Å². The summed E-state index contributed by atoms with van der Waals surface area (Å²) in [5.74, 6) is -1.88. The second kappa shape index (κ2) is 5.39. The van der Waals surface area contributed by atoms with Gasteiger partial charge in [0, 0.05) is 17.7 Å². The summed E-state index contributed by atoms with van der Waals surface area (Å²) < 4.78 is 30.6. The summed E-state index contributed by atoms with van der Waals surface area (Å²) in [6.45, 7) is 3.50. The van der Waals surface area contributed by atoms with Gasteiger partial charge in [-0.1, -0.05) is 0 Å². The third-order valence-electron chi connectivity index (χ3n) is 1.98. The van der Waals surface area contributed by atoms with Crippen LogP contribution in [0.15, 0.2) is 24.3 Å². The van der Waals surface area contributed by atoms with Crippen LogP contribution in [0.2, 0.25) is 0 Å². The topological polar surface area (TPSA) is 26.3 Å². The number of carbonyl (C=O) groups is 1. The molecule has 0 amide bonds. The number of ether oxygens (including phenoxy) is 1. The normalized spacial score (nSPS) is 11.4. The molecule has 0 unspecified atom stereocenters. The number of rotatable bonds is 3. The Bertz CT molecular complexity index is 425. The summed E-state index contributed by atoms with van der Waals surface area (Å²) >= 11 is 0. The number of halogens is 2. The molecule has 4 heteroatoms. The molecule has 0 radical (unpaired) electrons. The van der Waals surface area contributed by atoms with Crippen molar-refractivity contribution in [3.8, 4) is 0 Å². The van der Waals surface area contributed by atoms with Crippen molar-refractivity contribution < 1.29 is 18.3 Å². The van der Waals surface area contributed by atoms with Crippen LogP contribution in [-0.2, 0) is 9.53 Å². The standard InChI is InChI=1S/C12H12F2O2/c1-3-16-12(15)6-8(2)10-5-4-9(13)7-11(10)14/h4-7H,3H2,1-2H3. The van der Waals surface area contributed by atoms with E-state index in [1.165, 1.54) is 12.1 Å². The molecular weight excluding hydrogens is 214 g/mol. The third kappa shape index (κ3) is 3.15. The molecule has 0 aliphatic heterocycles. The first kappa shape index (κ1) is 12.4. The average Bonchev–Trinajstić information content (AvgIpc) is 2.17. The van der Waals surface area contributed by atoms with Gasteiger partial charge in [0.15, 0.2) is 0 Å². The smallest absolute Gasteiger partial charge is 0.331 e. The predicted molar refractivity (Wildman–Crippen MR) is 56.6 cm³/mol. The number of hydrogen-bond acceptors (Lipinski definition) is 2. The molecule has 1 rings (SSSR count). The molecule has 0 fully saturated rings. The average molecular weight is 226 g/mol. The molecule has 0 bridgehead atoms. The summed E-state index contributed by atoms with van der Waals surface area (Å²) in [6, 6.07) is 3.20. The molecule has 0 N–H and O–H groups in total. The van der Waals surface area contributed by atoms with Gasteiger partial charge in [0.25, 0.3) is 0 Å². The highest BCUT2D eigenvalue weighted by Crippen LogP contribution is 2.18. The molecule has 86 valence electrons. The summed E-state index contributed by atoms with van der Waals surface area (Å²) in [4.78, 5) is 11.1. The predicted octanol–water partition coefficient (Wildman–Crippen LogP) is 2.93. The van der Waals surface area contributed by atoms with Crippen LogP contribution in [0.5, 0.6) is 0 Å². The fraction of sp³-hybridized carbons (Fsp3) is 0.250. The zero-order chi connectivity index (χ0) is 12.1. The van der Waals surface area contributed by atoms with Gasteiger partial charge in [-0.2, -0.15) is 0 Å². The van der Waals surface area contributed by atoms with Gasteiger partial charge in [0.1, 0.15) is 11.6 Å². The lowest BCUT2D eigenvalue weighted by Crippen LogP contribution is -2.00. The van der Waals surface area contributed by atoms with Crippen molar-refractivity contribution in [1.29, 1.82) is 0 Å². The van der Waals surface area contributed by atoms with Crippen LogP contribution >= 0.6 is 0 Å². The fourth-order valence-corrected chi connectivity index (χ4v) is 1.25. The van der Waals surface area contributed by atoms with Crippen LogP contribution < -0.4 is 0 Å². The highest BCUT2D eigenvalue weighted by Gasteiger charge is 2.07. The molecule has 1 aromatic rings. The molecular formula is C12H12F2O2. The van der Waals surface area contributed by atoms with E-state index in [-0.39, 0.29) is 12.2 Å².